The molecular weight excluding hydrogens is 458 g/mol. The minimum absolute atomic E-state index is 0.00813. The highest BCUT2D eigenvalue weighted by Gasteiger charge is 2.28. The van der Waals surface area contributed by atoms with E-state index in [0.29, 0.717) is 42.1 Å². The molecule has 12 heteroatoms. The summed E-state index contributed by atoms with van der Waals surface area (Å²) in [4.78, 5) is 27.3. The molecule has 0 aliphatic carbocycles. The van der Waals surface area contributed by atoms with Gasteiger partial charge in [0.05, 0.1) is 11.7 Å². The average molecular weight is 477 g/mol. The van der Waals surface area contributed by atoms with Crippen LogP contribution in [0.25, 0.3) is 11.1 Å². The first-order valence-electron chi connectivity index (χ1n) is 9.85. The van der Waals surface area contributed by atoms with Crippen LogP contribution in [0.2, 0.25) is 0 Å². The van der Waals surface area contributed by atoms with Crippen molar-refractivity contribution in [3.63, 3.8) is 0 Å². The highest BCUT2D eigenvalue weighted by atomic mass is 35.5. The third kappa shape index (κ3) is 5.44. The number of hydrogen-bond acceptors (Lipinski definition) is 8. The van der Waals surface area contributed by atoms with Crippen molar-refractivity contribution in [3.8, 4) is 16.9 Å². The molecule has 1 aliphatic heterocycles. The zero-order valence-corrected chi connectivity index (χ0v) is 17.8. The lowest BCUT2D eigenvalue weighted by atomic mass is 10.1. The molecule has 1 fully saturated rings. The van der Waals surface area contributed by atoms with Crippen molar-refractivity contribution in [2.24, 2.45) is 0 Å². The van der Waals surface area contributed by atoms with E-state index in [1.165, 1.54) is 30.6 Å². The van der Waals surface area contributed by atoms with Crippen LogP contribution in [0.5, 0.6) is 5.75 Å². The minimum atomic E-state index is -3.84. The molecule has 9 nitrogen and oxygen atoms in total. The summed E-state index contributed by atoms with van der Waals surface area (Å²) in [6.45, 7) is 0.962. The number of aliphatic hydroxyl groups excluding tert-OH is 1. The Bertz CT molecular complexity index is 1150. The van der Waals surface area contributed by atoms with Crippen LogP contribution in [0.4, 0.5) is 26.1 Å². The van der Waals surface area contributed by atoms with Gasteiger partial charge in [0.15, 0.2) is 0 Å². The summed E-state index contributed by atoms with van der Waals surface area (Å²) in [5.41, 5.74) is 3.90. The summed E-state index contributed by atoms with van der Waals surface area (Å²) in [6, 6.07) is 6.82. The lowest BCUT2D eigenvalue weighted by Crippen LogP contribution is -2.24. The van der Waals surface area contributed by atoms with Crippen molar-refractivity contribution >= 4 is 34.8 Å². The summed E-state index contributed by atoms with van der Waals surface area (Å²) in [5.74, 6) is -0.217. The number of carbonyl (C=O) groups excluding carboxylic acids is 1. The molecular formula is C21H19ClF2N6O3. The van der Waals surface area contributed by atoms with Crippen LogP contribution in [0.15, 0.2) is 49.1 Å². The highest BCUT2D eigenvalue weighted by Crippen LogP contribution is 2.34. The predicted molar refractivity (Wildman–Crippen MR) is 118 cm³/mol. The Morgan fingerprint density at radius 1 is 1.27 bits per heavy atom. The molecule has 2 aromatic heterocycles. The van der Waals surface area contributed by atoms with E-state index >= 15 is 0 Å². The number of carbonyl (C=O) groups is 1. The van der Waals surface area contributed by atoms with E-state index in [-0.39, 0.29) is 17.1 Å². The lowest BCUT2D eigenvalue weighted by molar-refractivity contribution is -0.0964. The number of amides is 1. The number of nitrogens with zero attached hydrogens (tertiary/aromatic N) is 4. The number of hydrogen-bond donors (Lipinski definition) is 3. The molecule has 0 unspecified atom stereocenters. The van der Waals surface area contributed by atoms with Crippen LogP contribution < -0.4 is 20.7 Å². The standard InChI is InChI=1S/C21H19ClF2N6O3/c22-21(23,24)33-15-3-1-13(2-4-15)28-20(32)17-7-16(12-8-26-11-27-9-12)19(29-18(17)25)30-6-5-14(31)10-30/h1-4,7-9,11,14,31H,5-6,10H2,(H2,25,29)(H,28,32)/t14-/m1/s1. The molecule has 172 valence electrons. The van der Waals surface area contributed by atoms with Crippen molar-refractivity contribution in [2.45, 2.75) is 18.1 Å². The third-order valence-corrected chi connectivity index (χ3v) is 5.03. The molecule has 1 atom stereocenters. The van der Waals surface area contributed by atoms with Crippen LogP contribution in [-0.2, 0) is 0 Å². The van der Waals surface area contributed by atoms with Gasteiger partial charge in [-0.05, 0) is 36.8 Å². The summed E-state index contributed by atoms with van der Waals surface area (Å²) < 4.78 is 29.8. The SMILES string of the molecule is Nc1nc(N2CC[C@@H](O)C2)c(-c2cncnc2)cc1C(=O)Nc1ccc(OC(F)(F)Cl)cc1. The maximum atomic E-state index is 12.9. The predicted octanol–water partition coefficient (Wildman–Crippen LogP) is 3.11. The van der Waals surface area contributed by atoms with Gasteiger partial charge in [-0.2, -0.15) is 0 Å². The van der Waals surface area contributed by atoms with E-state index in [1.807, 2.05) is 4.90 Å². The van der Waals surface area contributed by atoms with Crippen molar-refractivity contribution in [1.82, 2.24) is 15.0 Å². The second kappa shape index (κ2) is 9.12. The first-order valence-corrected chi connectivity index (χ1v) is 10.2. The zero-order valence-electron chi connectivity index (χ0n) is 17.1. The third-order valence-electron chi connectivity index (χ3n) is 4.96. The number of aromatic nitrogens is 3. The van der Waals surface area contributed by atoms with Crippen molar-refractivity contribution < 1.29 is 23.4 Å². The number of pyridine rings is 1. The van der Waals surface area contributed by atoms with Crippen molar-refractivity contribution in [2.75, 3.05) is 29.0 Å². The van der Waals surface area contributed by atoms with E-state index in [0.717, 1.165) is 0 Å². The molecule has 1 saturated heterocycles. The van der Waals surface area contributed by atoms with Crippen LogP contribution in [0, 0.1) is 0 Å². The average Bonchev–Trinajstić information content (AvgIpc) is 3.20. The Morgan fingerprint density at radius 3 is 2.58 bits per heavy atom. The van der Waals surface area contributed by atoms with Gasteiger partial charge in [-0.3, -0.25) is 4.79 Å². The Labute approximate surface area is 192 Å². The Hall–Kier alpha value is -3.57. The van der Waals surface area contributed by atoms with Gasteiger partial charge in [-0.1, -0.05) is 0 Å². The van der Waals surface area contributed by atoms with Crippen LogP contribution in [0.1, 0.15) is 16.8 Å². The molecule has 3 aromatic rings. The molecule has 4 N–H and O–H groups in total. The number of β-amino-alcohol motifs (C(OH)–C–C–N with tert-alkyl or cyclic N) is 1. The van der Waals surface area contributed by atoms with E-state index in [9.17, 15) is 18.7 Å². The highest BCUT2D eigenvalue weighted by molar-refractivity contribution is 6.20. The molecule has 4 rings (SSSR count). The number of alkyl halides is 3. The normalized spacial score (nSPS) is 16.0. The number of nitrogens with two attached hydrogens (primary N) is 1. The maximum Gasteiger partial charge on any atom is 0.487 e. The molecule has 1 amide bonds. The number of anilines is 3. The smallest absolute Gasteiger partial charge is 0.420 e. The number of halogens is 3. The molecule has 1 aliphatic rings. The van der Waals surface area contributed by atoms with Crippen LogP contribution in [0.3, 0.4) is 0 Å². The molecule has 0 radical (unpaired) electrons. The number of aliphatic hydroxyl groups is 1. The number of benzene rings is 1. The van der Waals surface area contributed by atoms with Crippen LogP contribution >= 0.6 is 11.6 Å². The zero-order chi connectivity index (χ0) is 23.6. The lowest BCUT2D eigenvalue weighted by Gasteiger charge is -2.22. The van der Waals surface area contributed by atoms with Crippen LogP contribution in [-0.4, -0.2) is 50.7 Å². The Kier molecular flexibility index (Phi) is 6.25. The van der Waals surface area contributed by atoms with Gasteiger partial charge in [0.25, 0.3) is 5.91 Å². The monoisotopic (exact) mass is 476 g/mol. The fourth-order valence-electron chi connectivity index (χ4n) is 3.46. The van der Waals surface area contributed by atoms with Gasteiger partial charge >= 0.3 is 5.57 Å². The Balaban J connectivity index is 1.63. The minimum Gasteiger partial charge on any atom is -0.420 e. The molecule has 3 heterocycles. The van der Waals surface area contributed by atoms with E-state index in [2.05, 4.69) is 25.0 Å². The first-order chi connectivity index (χ1) is 15.7. The molecule has 0 spiro atoms. The summed E-state index contributed by atoms with van der Waals surface area (Å²) in [7, 11) is 0. The number of ether oxygens (including phenoxy) is 1. The molecule has 33 heavy (non-hydrogen) atoms. The summed E-state index contributed by atoms with van der Waals surface area (Å²) >= 11 is 4.75. The van der Waals surface area contributed by atoms with E-state index in [4.69, 9.17) is 17.3 Å². The van der Waals surface area contributed by atoms with Gasteiger partial charge in [0.2, 0.25) is 0 Å². The van der Waals surface area contributed by atoms with Crippen molar-refractivity contribution in [1.29, 1.82) is 0 Å². The number of nitrogens with one attached hydrogen (secondary N) is 1. The molecule has 0 bridgehead atoms. The van der Waals surface area contributed by atoms with Gasteiger partial charge in [0.1, 0.15) is 23.7 Å². The molecule has 0 saturated carbocycles. The van der Waals surface area contributed by atoms with E-state index in [1.54, 1.807) is 18.5 Å². The van der Waals surface area contributed by atoms with Gasteiger partial charge < -0.3 is 25.8 Å². The van der Waals surface area contributed by atoms with Crippen molar-refractivity contribution in [3.05, 3.63) is 54.6 Å². The number of rotatable bonds is 6. The second-order valence-corrected chi connectivity index (χ2v) is 7.77. The number of nitrogen functional groups attached to an aromatic ring is 1. The largest absolute Gasteiger partial charge is 0.487 e. The van der Waals surface area contributed by atoms with Gasteiger partial charge in [0, 0.05) is 53.9 Å². The quantitative estimate of drug-likeness (QED) is 0.463. The second-order valence-electron chi connectivity index (χ2n) is 7.33. The maximum absolute atomic E-state index is 12.9. The summed E-state index contributed by atoms with van der Waals surface area (Å²) in [5, 5.41) is 12.6. The fraction of sp³-hybridized carbons (Fsp3) is 0.238. The molecule has 1 aromatic carbocycles. The van der Waals surface area contributed by atoms with E-state index < -0.39 is 17.6 Å². The fourth-order valence-corrected chi connectivity index (χ4v) is 3.55. The summed E-state index contributed by atoms with van der Waals surface area (Å²) in [6.07, 6.45) is 4.66. The topological polar surface area (TPSA) is 126 Å². The first kappa shape index (κ1) is 22.6. The van der Waals surface area contributed by atoms with Gasteiger partial charge in [-0.25, -0.2) is 15.0 Å². The Morgan fingerprint density at radius 2 is 1.97 bits per heavy atom. The van der Waals surface area contributed by atoms with Gasteiger partial charge in [-0.15, -0.1) is 8.78 Å².